The second-order valence-electron chi connectivity index (χ2n) is 8.34. The fourth-order valence-electron chi connectivity index (χ4n) is 3.49. The van der Waals surface area contributed by atoms with Crippen molar-refractivity contribution in [2.45, 2.75) is 27.7 Å². The van der Waals surface area contributed by atoms with Gasteiger partial charge in [-0.1, -0.05) is 43.6 Å². The Hall–Kier alpha value is -3.30. The molecule has 1 amide bonds. The molecule has 0 aliphatic carbocycles. The van der Waals surface area contributed by atoms with E-state index >= 15 is 0 Å². The second-order valence-corrected chi connectivity index (χ2v) is 9.73. The van der Waals surface area contributed by atoms with Gasteiger partial charge in [0.15, 0.2) is 17.3 Å². The molecule has 0 atom stereocenters. The fourth-order valence-corrected chi connectivity index (χ4v) is 4.66. The first-order valence-corrected chi connectivity index (χ1v) is 12.8. The van der Waals surface area contributed by atoms with Crippen molar-refractivity contribution in [1.29, 1.82) is 5.41 Å². The van der Waals surface area contributed by atoms with Crippen LogP contribution in [-0.4, -0.2) is 46.8 Å². The molecule has 36 heavy (non-hydrogen) atoms. The molecule has 2 aliphatic rings. The van der Waals surface area contributed by atoms with E-state index in [2.05, 4.69) is 10.1 Å². The van der Waals surface area contributed by atoms with Crippen LogP contribution in [0.15, 0.2) is 52.1 Å². The number of nitrogens with zero attached hydrogens (tertiary/aromatic N) is 3. The number of para-hydroxylation sites is 1. The van der Waals surface area contributed by atoms with Gasteiger partial charge in [-0.05, 0) is 61.0 Å². The zero-order valence-electron chi connectivity index (χ0n) is 20.5. The van der Waals surface area contributed by atoms with Crippen LogP contribution < -0.4 is 14.2 Å². The summed E-state index contributed by atoms with van der Waals surface area (Å²) >= 11 is 7.86. The van der Waals surface area contributed by atoms with Crippen LogP contribution in [0.1, 0.15) is 31.9 Å². The van der Waals surface area contributed by atoms with Crippen molar-refractivity contribution in [3.8, 4) is 17.2 Å². The number of amides is 1. The van der Waals surface area contributed by atoms with Gasteiger partial charge in [-0.25, -0.2) is 0 Å². The topological polar surface area (TPSA) is 96.6 Å². The number of aryl methyl sites for hydroxylation is 1. The molecule has 2 aliphatic heterocycles. The van der Waals surface area contributed by atoms with E-state index in [-0.39, 0.29) is 23.9 Å². The highest BCUT2D eigenvalue weighted by atomic mass is 35.5. The van der Waals surface area contributed by atoms with Gasteiger partial charge < -0.3 is 14.2 Å². The van der Waals surface area contributed by atoms with E-state index in [1.807, 2.05) is 52.0 Å². The van der Waals surface area contributed by atoms with Gasteiger partial charge >= 0.3 is 0 Å². The Bertz CT molecular complexity index is 1290. The minimum absolute atomic E-state index is 0.0316. The number of fused-ring (bicyclic) bond motifs is 1. The van der Waals surface area contributed by atoms with Crippen molar-refractivity contribution in [2.75, 3.05) is 19.8 Å². The predicted octanol–water partition coefficient (Wildman–Crippen LogP) is 5.78. The van der Waals surface area contributed by atoms with E-state index in [1.165, 1.54) is 16.8 Å². The van der Waals surface area contributed by atoms with E-state index in [1.54, 1.807) is 18.2 Å². The standard InChI is InChI=1S/C26H27ClN4O4S/c1-5-33-21-14-17(12-18-23(28)31-26(29-24(18)32)36-25(30-31)15(2)3)13-19(27)22(21)35-11-10-34-20-9-7-6-8-16(20)4/h6-9,12-15,28H,5,10-11H2,1-4H3/b18-12-,28-23?. The van der Waals surface area contributed by atoms with Gasteiger partial charge in [0.25, 0.3) is 5.91 Å². The molecule has 8 nitrogen and oxygen atoms in total. The fraction of sp³-hybridized carbons (Fsp3) is 0.308. The zero-order chi connectivity index (χ0) is 25.8. The maximum absolute atomic E-state index is 12.7. The number of carbonyl (C=O) groups is 1. The number of amidine groups is 2. The van der Waals surface area contributed by atoms with Crippen LogP contribution in [0.3, 0.4) is 0 Å². The molecule has 0 saturated heterocycles. The number of nitrogens with one attached hydrogen (secondary N) is 1. The highest BCUT2D eigenvalue weighted by Gasteiger charge is 2.36. The van der Waals surface area contributed by atoms with Gasteiger partial charge in [0.1, 0.15) is 24.0 Å². The highest BCUT2D eigenvalue weighted by molar-refractivity contribution is 8.27. The number of carbonyl (C=O) groups excluding carboxylic acids is 1. The van der Waals surface area contributed by atoms with Crippen LogP contribution in [-0.2, 0) is 4.79 Å². The molecule has 0 aromatic heterocycles. The molecule has 10 heteroatoms. The van der Waals surface area contributed by atoms with E-state index < -0.39 is 5.91 Å². The molecule has 0 radical (unpaired) electrons. The van der Waals surface area contributed by atoms with E-state index in [0.717, 1.165) is 16.4 Å². The van der Waals surface area contributed by atoms with Gasteiger partial charge in [-0.2, -0.15) is 15.1 Å². The predicted molar refractivity (Wildman–Crippen MR) is 145 cm³/mol. The normalized spacial score (nSPS) is 16.3. The molecule has 2 aromatic rings. The van der Waals surface area contributed by atoms with Gasteiger partial charge in [-0.15, -0.1) is 0 Å². The number of benzene rings is 2. The van der Waals surface area contributed by atoms with Crippen molar-refractivity contribution in [3.63, 3.8) is 0 Å². The minimum Gasteiger partial charge on any atom is -0.490 e. The minimum atomic E-state index is -0.498. The van der Waals surface area contributed by atoms with Gasteiger partial charge in [0, 0.05) is 5.92 Å². The van der Waals surface area contributed by atoms with Crippen molar-refractivity contribution in [2.24, 2.45) is 16.0 Å². The Balaban J connectivity index is 1.53. The third-order valence-corrected chi connectivity index (χ3v) is 6.78. The van der Waals surface area contributed by atoms with E-state index in [9.17, 15) is 4.79 Å². The summed E-state index contributed by atoms with van der Waals surface area (Å²) in [5.41, 5.74) is 1.74. The van der Waals surface area contributed by atoms with E-state index in [0.29, 0.717) is 40.5 Å². The number of aliphatic imine (C=N–C) groups is 1. The Morgan fingerprint density at radius 1 is 1.14 bits per heavy atom. The first-order chi connectivity index (χ1) is 17.3. The summed E-state index contributed by atoms with van der Waals surface area (Å²) in [6.07, 6.45) is 1.57. The SMILES string of the molecule is CCOc1cc(/C=C2/C(=N)N3N=C(C(C)C)SC3=NC2=O)cc(Cl)c1OCCOc1ccccc1C. The number of hydrogen-bond donors (Lipinski definition) is 1. The Labute approximate surface area is 219 Å². The Morgan fingerprint density at radius 2 is 1.89 bits per heavy atom. The van der Waals surface area contributed by atoms with Crippen molar-refractivity contribution >= 4 is 51.4 Å². The lowest BCUT2D eigenvalue weighted by Gasteiger charge is -2.20. The maximum atomic E-state index is 12.7. The molecule has 0 spiro atoms. The van der Waals surface area contributed by atoms with E-state index in [4.69, 9.17) is 31.2 Å². The number of ether oxygens (including phenoxy) is 3. The van der Waals surface area contributed by atoms with Crippen molar-refractivity contribution < 1.29 is 19.0 Å². The number of thioether (sulfide) groups is 1. The van der Waals surface area contributed by atoms with Crippen molar-refractivity contribution in [3.05, 3.63) is 58.1 Å². The quantitative estimate of drug-likeness (QED) is 0.328. The summed E-state index contributed by atoms with van der Waals surface area (Å²) in [5.74, 6) is 1.26. The lowest BCUT2D eigenvalue weighted by Crippen LogP contribution is -2.35. The average molecular weight is 527 g/mol. The molecule has 0 unspecified atom stereocenters. The first kappa shape index (κ1) is 25.8. The lowest BCUT2D eigenvalue weighted by molar-refractivity contribution is -0.114. The smallest absolute Gasteiger partial charge is 0.283 e. The van der Waals surface area contributed by atoms with Gasteiger partial charge in [0.05, 0.1) is 17.2 Å². The van der Waals surface area contributed by atoms with Crippen LogP contribution in [0.2, 0.25) is 5.02 Å². The molecule has 2 aromatic carbocycles. The third-order valence-electron chi connectivity index (χ3n) is 5.29. The summed E-state index contributed by atoms with van der Waals surface area (Å²) in [6, 6.07) is 11.1. The van der Waals surface area contributed by atoms with Crippen LogP contribution in [0, 0.1) is 18.3 Å². The summed E-state index contributed by atoms with van der Waals surface area (Å²) < 4.78 is 17.5. The Kier molecular flexibility index (Phi) is 8.01. The molecule has 188 valence electrons. The van der Waals surface area contributed by atoms with Crippen LogP contribution in [0.4, 0.5) is 0 Å². The molecule has 2 heterocycles. The maximum Gasteiger partial charge on any atom is 0.283 e. The largest absolute Gasteiger partial charge is 0.490 e. The first-order valence-electron chi connectivity index (χ1n) is 11.6. The molecule has 0 fully saturated rings. The summed E-state index contributed by atoms with van der Waals surface area (Å²) in [5, 5.41) is 15.9. The number of hydrogen-bond acceptors (Lipinski definition) is 7. The monoisotopic (exact) mass is 526 g/mol. The average Bonchev–Trinajstić information content (AvgIpc) is 3.26. The number of hydrazone groups is 1. The summed E-state index contributed by atoms with van der Waals surface area (Å²) in [7, 11) is 0. The lowest BCUT2D eigenvalue weighted by atomic mass is 10.1. The summed E-state index contributed by atoms with van der Waals surface area (Å²) in [4.78, 5) is 16.8. The zero-order valence-corrected chi connectivity index (χ0v) is 22.1. The van der Waals surface area contributed by atoms with Crippen LogP contribution in [0.5, 0.6) is 17.2 Å². The van der Waals surface area contributed by atoms with Crippen LogP contribution in [0.25, 0.3) is 6.08 Å². The Morgan fingerprint density at radius 3 is 2.61 bits per heavy atom. The molecular weight excluding hydrogens is 500 g/mol. The number of rotatable bonds is 9. The summed E-state index contributed by atoms with van der Waals surface area (Å²) in [6.45, 7) is 8.83. The molecule has 1 N–H and O–H groups in total. The highest BCUT2D eigenvalue weighted by Crippen LogP contribution is 2.38. The second kappa shape index (κ2) is 11.2. The molecule has 0 bridgehead atoms. The van der Waals surface area contributed by atoms with Gasteiger partial charge in [0.2, 0.25) is 5.17 Å². The molecule has 4 rings (SSSR count). The number of halogens is 1. The molecular formula is C26H27ClN4O4S. The van der Waals surface area contributed by atoms with Crippen molar-refractivity contribution in [1.82, 2.24) is 5.01 Å². The third kappa shape index (κ3) is 5.57. The molecule has 0 saturated carbocycles. The van der Waals surface area contributed by atoms with Crippen LogP contribution >= 0.6 is 23.4 Å². The van der Waals surface area contributed by atoms with Gasteiger partial charge in [-0.3, -0.25) is 10.2 Å².